The van der Waals surface area contributed by atoms with Crippen LogP contribution in [0.15, 0.2) is 18.5 Å². The van der Waals surface area contributed by atoms with Crippen LogP contribution in [0.5, 0.6) is 0 Å². The molecule has 1 heterocycles. The van der Waals surface area contributed by atoms with E-state index in [4.69, 9.17) is 6.42 Å². The standard InChI is InChI=1S/C9H6FNO2/c1-2-3-13-9(12)7-4-8(10)6-11-5-7/h1,4-6H,3H2. The van der Waals surface area contributed by atoms with Crippen molar-refractivity contribution in [1.29, 1.82) is 0 Å². The summed E-state index contributed by atoms with van der Waals surface area (Å²) in [4.78, 5) is 14.5. The maximum atomic E-state index is 12.5. The number of nitrogens with zero attached hydrogens (tertiary/aromatic N) is 1. The summed E-state index contributed by atoms with van der Waals surface area (Å²) in [5.74, 6) is 0.862. The van der Waals surface area contributed by atoms with Gasteiger partial charge in [-0.1, -0.05) is 5.92 Å². The summed E-state index contributed by atoms with van der Waals surface area (Å²) in [7, 11) is 0. The average molecular weight is 179 g/mol. The molecule has 0 spiro atoms. The molecule has 1 aromatic heterocycles. The summed E-state index contributed by atoms with van der Waals surface area (Å²) < 4.78 is 17.1. The molecule has 0 saturated heterocycles. The number of terminal acetylenes is 1. The van der Waals surface area contributed by atoms with Crippen molar-refractivity contribution in [2.75, 3.05) is 6.61 Å². The topological polar surface area (TPSA) is 39.2 Å². The average Bonchev–Trinajstić information content (AvgIpc) is 2.14. The van der Waals surface area contributed by atoms with Crippen molar-refractivity contribution in [3.8, 4) is 12.3 Å². The summed E-state index contributed by atoms with van der Waals surface area (Å²) in [6.45, 7) is -0.130. The number of halogens is 1. The molecule has 0 aliphatic rings. The minimum absolute atomic E-state index is 0.0512. The molecule has 4 heteroatoms. The van der Waals surface area contributed by atoms with Gasteiger partial charge < -0.3 is 4.74 Å². The zero-order chi connectivity index (χ0) is 9.68. The van der Waals surface area contributed by atoms with Gasteiger partial charge in [0, 0.05) is 6.20 Å². The van der Waals surface area contributed by atoms with Crippen molar-refractivity contribution >= 4 is 5.97 Å². The maximum Gasteiger partial charge on any atom is 0.340 e. The monoisotopic (exact) mass is 179 g/mol. The van der Waals surface area contributed by atoms with Gasteiger partial charge in [0.25, 0.3) is 0 Å². The van der Waals surface area contributed by atoms with Gasteiger partial charge in [0.15, 0.2) is 6.61 Å². The lowest BCUT2D eigenvalue weighted by molar-refractivity contribution is 0.0555. The predicted molar refractivity (Wildman–Crippen MR) is 43.3 cm³/mol. The number of ether oxygens (including phenoxy) is 1. The Hall–Kier alpha value is -1.89. The van der Waals surface area contributed by atoms with Crippen LogP contribution < -0.4 is 0 Å². The van der Waals surface area contributed by atoms with E-state index in [-0.39, 0.29) is 12.2 Å². The molecule has 0 aliphatic carbocycles. The molecule has 0 saturated carbocycles. The Balaban J connectivity index is 2.72. The smallest absolute Gasteiger partial charge is 0.340 e. The van der Waals surface area contributed by atoms with E-state index in [2.05, 4.69) is 15.6 Å². The fourth-order valence-electron chi connectivity index (χ4n) is 0.714. The molecule has 0 bridgehead atoms. The highest BCUT2D eigenvalue weighted by Gasteiger charge is 2.07. The molecule has 13 heavy (non-hydrogen) atoms. The molecule has 1 aromatic rings. The number of aromatic nitrogens is 1. The third-order valence-corrected chi connectivity index (χ3v) is 1.23. The molecule has 0 aromatic carbocycles. The number of rotatable bonds is 2. The molecule has 0 radical (unpaired) electrons. The summed E-state index contributed by atoms with van der Waals surface area (Å²) in [5.41, 5.74) is 0.0512. The fraction of sp³-hybridized carbons (Fsp3) is 0.111. The molecular weight excluding hydrogens is 173 g/mol. The summed E-state index contributed by atoms with van der Waals surface area (Å²) in [6, 6.07) is 1.03. The van der Waals surface area contributed by atoms with Gasteiger partial charge in [0.05, 0.1) is 11.8 Å². The fourth-order valence-corrected chi connectivity index (χ4v) is 0.714. The second-order valence-electron chi connectivity index (χ2n) is 2.17. The van der Waals surface area contributed by atoms with Crippen molar-refractivity contribution in [1.82, 2.24) is 4.98 Å². The molecule has 0 N–H and O–H groups in total. The van der Waals surface area contributed by atoms with E-state index in [0.717, 1.165) is 12.3 Å². The van der Waals surface area contributed by atoms with E-state index < -0.39 is 11.8 Å². The summed E-state index contributed by atoms with van der Waals surface area (Å²) >= 11 is 0. The highest BCUT2D eigenvalue weighted by molar-refractivity contribution is 5.89. The SMILES string of the molecule is C#CCOC(=O)c1cncc(F)c1. The zero-order valence-corrected chi connectivity index (χ0v) is 6.66. The molecule has 1 rings (SSSR count). The Bertz CT molecular complexity index is 357. The Kier molecular flexibility index (Phi) is 2.98. The van der Waals surface area contributed by atoms with E-state index >= 15 is 0 Å². The van der Waals surface area contributed by atoms with Crippen molar-refractivity contribution in [3.05, 3.63) is 29.8 Å². The van der Waals surface area contributed by atoms with Gasteiger partial charge >= 0.3 is 5.97 Å². The predicted octanol–water partition coefficient (Wildman–Crippen LogP) is 1.01. The number of carbonyl (C=O) groups is 1. The van der Waals surface area contributed by atoms with Gasteiger partial charge in [-0.05, 0) is 6.07 Å². The third-order valence-electron chi connectivity index (χ3n) is 1.23. The first kappa shape index (κ1) is 9.20. The maximum absolute atomic E-state index is 12.5. The van der Waals surface area contributed by atoms with Crippen molar-refractivity contribution in [2.45, 2.75) is 0 Å². The Morgan fingerprint density at radius 2 is 2.46 bits per heavy atom. The normalized spacial score (nSPS) is 8.92. The van der Waals surface area contributed by atoms with Gasteiger partial charge in [-0.2, -0.15) is 0 Å². The first-order valence-corrected chi connectivity index (χ1v) is 3.45. The number of carbonyl (C=O) groups excluding carboxylic acids is 1. The highest BCUT2D eigenvalue weighted by atomic mass is 19.1. The van der Waals surface area contributed by atoms with Crippen LogP contribution in [-0.4, -0.2) is 17.6 Å². The number of hydrogen-bond acceptors (Lipinski definition) is 3. The zero-order valence-electron chi connectivity index (χ0n) is 6.66. The van der Waals surface area contributed by atoms with Crippen molar-refractivity contribution in [2.24, 2.45) is 0 Å². The number of pyridine rings is 1. The third kappa shape index (κ3) is 2.56. The quantitative estimate of drug-likeness (QED) is 0.502. The van der Waals surface area contributed by atoms with E-state index in [1.54, 1.807) is 0 Å². The van der Waals surface area contributed by atoms with Crippen LogP contribution in [-0.2, 0) is 4.74 Å². The van der Waals surface area contributed by atoms with Crippen LogP contribution in [0.25, 0.3) is 0 Å². The van der Waals surface area contributed by atoms with Gasteiger partial charge in [-0.3, -0.25) is 4.98 Å². The second kappa shape index (κ2) is 4.21. The first-order chi connectivity index (χ1) is 6.24. The van der Waals surface area contributed by atoms with Crippen LogP contribution in [0.2, 0.25) is 0 Å². The first-order valence-electron chi connectivity index (χ1n) is 3.45. The van der Waals surface area contributed by atoms with Crippen LogP contribution in [0.3, 0.4) is 0 Å². The molecule has 66 valence electrons. The van der Waals surface area contributed by atoms with Crippen LogP contribution in [0.4, 0.5) is 4.39 Å². The highest BCUT2D eigenvalue weighted by Crippen LogP contribution is 2.02. The minimum Gasteiger partial charge on any atom is -0.449 e. The van der Waals surface area contributed by atoms with Crippen LogP contribution in [0.1, 0.15) is 10.4 Å². The molecule has 0 aliphatic heterocycles. The van der Waals surface area contributed by atoms with Crippen LogP contribution >= 0.6 is 0 Å². The number of esters is 1. The van der Waals surface area contributed by atoms with Crippen molar-refractivity contribution < 1.29 is 13.9 Å². The molecule has 0 atom stereocenters. The minimum atomic E-state index is -0.676. The van der Waals surface area contributed by atoms with Gasteiger partial charge in [-0.15, -0.1) is 6.42 Å². The van der Waals surface area contributed by atoms with E-state index in [1.165, 1.54) is 6.20 Å². The lowest BCUT2D eigenvalue weighted by Crippen LogP contribution is -2.05. The van der Waals surface area contributed by atoms with Crippen LogP contribution in [0, 0.1) is 18.2 Å². The molecule has 0 unspecified atom stereocenters. The molecule has 0 fully saturated rings. The molecular formula is C9H6FNO2. The molecule has 3 nitrogen and oxygen atoms in total. The largest absolute Gasteiger partial charge is 0.449 e. The summed E-state index contributed by atoms with van der Waals surface area (Å²) in [6.07, 6.45) is 7.08. The van der Waals surface area contributed by atoms with Gasteiger partial charge in [0.1, 0.15) is 5.82 Å². The second-order valence-corrected chi connectivity index (χ2v) is 2.17. The van der Waals surface area contributed by atoms with Crippen molar-refractivity contribution in [3.63, 3.8) is 0 Å². The van der Waals surface area contributed by atoms with E-state index in [0.29, 0.717) is 0 Å². The summed E-state index contributed by atoms with van der Waals surface area (Å²) in [5, 5.41) is 0. The Morgan fingerprint density at radius 1 is 1.69 bits per heavy atom. The lowest BCUT2D eigenvalue weighted by atomic mass is 10.3. The Labute approximate surface area is 74.6 Å². The van der Waals surface area contributed by atoms with Gasteiger partial charge in [0.2, 0.25) is 0 Å². The lowest BCUT2D eigenvalue weighted by Gasteiger charge is -1.99. The number of hydrogen-bond donors (Lipinski definition) is 0. The Morgan fingerprint density at radius 3 is 3.08 bits per heavy atom. The van der Waals surface area contributed by atoms with Gasteiger partial charge in [-0.25, -0.2) is 9.18 Å². The van der Waals surface area contributed by atoms with E-state index in [1.807, 2.05) is 0 Å². The molecule has 0 amide bonds. The van der Waals surface area contributed by atoms with E-state index in [9.17, 15) is 9.18 Å².